The van der Waals surface area contributed by atoms with Crippen molar-refractivity contribution in [2.45, 2.75) is 32.5 Å². The first-order valence-corrected chi connectivity index (χ1v) is 16.6. The second-order valence-corrected chi connectivity index (χ2v) is 13.4. The van der Waals surface area contributed by atoms with E-state index in [1.165, 1.54) is 0 Å². The molecule has 5 rings (SSSR count). The number of morpholine rings is 1. The molecule has 3 aromatic rings. The zero-order chi connectivity index (χ0) is 30.2. The molecule has 1 atom stereocenters. The van der Waals surface area contributed by atoms with Crippen molar-refractivity contribution in [1.82, 2.24) is 20.5 Å². The molecule has 0 spiro atoms. The lowest BCUT2D eigenvalue weighted by atomic mass is 10.1. The maximum atomic E-state index is 12.5. The number of hydrogen-bond donors (Lipinski definition) is 3. The van der Waals surface area contributed by atoms with Crippen molar-refractivity contribution < 1.29 is 28.2 Å². The van der Waals surface area contributed by atoms with Gasteiger partial charge in [0.05, 0.1) is 24.3 Å². The number of rotatable bonds is 10. The highest BCUT2D eigenvalue weighted by molar-refractivity contribution is 8.76. The SMILES string of the molecule is CC(C)(C)OC(=O)NCCSSCCNC(=O)Oc1cccc(C2=NC(N3CCOCC3)c3oc4ncccc4c3N2)c1. The Morgan fingerprint density at radius 1 is 1.07 bits per heavy atom. The van der Waals surface area contributed by atoms with Gasteiger partial charge in [-0.05, 0) is 45.0 Å². The number of alkyl carbamates (subject to hydrolysis) is 1. The summed E-state index contributed by atoms with van der Waals surface area (Å²) in [6, 6.07) is 11.1. The molecule has 2 amide bonds. The van der Waals surface area contributed by atoms with Crippen molar-refractivity contribution in [3.63, 3.8) is 0 Å². The number of aliphatic imine (C=N–C) groups is 1. The number of anilines is 1. The van der Waals surface area contributed by atoms with Gasteiger partial charge in [0.1, 0.15) is 17.2 Å². The molecule has 2 aliphatic rings. The number of benzene rings is 1. The quantitative estimate of drug-likeness (QED) is 0.206. The number of amidine groups is 1. The molecule has 14 heteroatoms. The standard InChI is InChI=1S/C29H36N6O6S2/c1-29(2,3)41-28(37)32-11-17-43-42-16-10-31-27(36)39-20-7-4-6-19(18-20)24-33-22-21-8-5-9-30-26(21)40-23(22)25(34-24)35-12-14-38-15-13-35/h4-9,18,25H,10-17H2,1-3H3,(H,31,36)(H,32,37)(H,33,34). The fourth-order valence-electron chi connectivity index (χ4n) is 4.48. The number of carbonyl (C=O) groups is 2. The van der Waals surface area contributed by atoms with Gasteiger partial charge >= 0.3 is 12.2 Å². The number of carbonyl (C=O) groups excluding carboxylic acids is 2. The summed E-state index contributed by atoms with van der Waals surface area (Å²) < 4.78 is 22.5. The van der Waals surface area contributed by atoms with Crippen LogP contribution in [0.5, 0.6) is 5.75 Å². The van der Waals surface area contributed by atoms with E-state index in [0.717, 1.165) is 41.2 Å². The second-order valence-electron chi connectivity index (χ2n) is 10.7. The summed E-state index contributed by atoms with van der Waals surface area (Å²) in [5, 5.41) is 9.81. The van der Waals surface area contributed by atoms with E-state index in [2.05, 4.69) is 25.8 Å². The summed E-state index contributed by atoms with van der Waals surface area (Å²) in [7, 11) is 3.21. The van der Waals surface area contributed by atoms with Gasteiger partial charge in [-0.1, -0.05) is 33.7 Å². The van der Waals surface area contributed by atoms with Gasteiger partial charge in [0.2, 0.25) is 5.71 Å². The van der Waals surface area contributed by atoms with Crippen LogP contribution in [0.25, 0.3) is 11.1 Å². The summed E-state index contributed by atoms with van der Waals surface area (Å²) in [6.45, 7) is 9.14. The van der Waals surface area contributed by atoms with E-state index in [-0.39, 0.29) is 6.17 Å². The van der Waals surface area contributed by atoms with E-state index in [4.69, 9.17) is 23.6 Å². The van der Waals surface area contributed by atoms with Crippen molar-refractivity contribution in [3.05, 3.63) is 53.9 Å². The minimum atomic E-state index is -0.534. The highest BCUT2D eigenvalue weighted by Crippen LogP contribution is 2.40. The van der Waals surface area contributed by atoms with Gasteiger partial charge in [0, 0.05) is 49.4 Å². The highest BCUT2D eigenvalue weighted by Gasteiger charge is 2.33. The molecule has 1 fully saturated rings. The fourth-order valence-corrected chi connectivity index (χ4v) is 6.29. The molecule has 3 N–H and O–H groups in total. The molecular formula is C29H36N6O6S2. The predicted molar refractivity (Wildman–Crippen MR) is 169 cm³/mol. The molecule has 1 unspecified atom stereocenters. The molecule has 1 aromatic carbocycles. The maximum Gasteiger partial charge on any atom is 0.412 e. The Kier molecular flexibility index (Phi) is 10.3. The van der Waals surface area contributed by atoms with Crippen LogP contribution in [0.3, 0.4) is 0 Å². The van der Waals surface area contributed by atoms with Crippen LogP contribution in [0.15, 0.2) is 52.0 Å². The van der Waals surface area contributed by atoms with Crippen molar-refractivity contribution in [2.75, 3.05) is 56.2 Å². The Morgan fingerprint density at radius 2 is 1.81 bits per heavy atom. The number of aromatic nitrogens is 1. The van der Waals surface area contributed by atoms with Crippen LogP contribution in [0, 0.1) is 0 Å². The molecule has 4 heterocycles. The number of amides is 2. The monoisotopic (exact) mass is 628 g/mol. The van der Waals surface area contributed by atoms with Crippen LogP contribution in [0.2, 0.25) is 0 Å². The van der Waals surface area contributed by atoms with Crippen LogP contribution in [-0.2, 0) is 9.47 Å². The Labute approximate surface area is 258 Å². The van der Waals surface area contributed by atoms with Crippen molar-refractivity contribution in [3.8, 4) is 5.75 Å². The van der Waals surface area contributed by atoms with Crippen LogP contribution >= 0.6 is 21.6 Å². The van der Waals surface area contributed by atoms with Gasteiger partial charge in [-0.2, -0.15) is 0 Å². The van der Waals surface area contributed by atoms with E-state index < -0.39 is 17.8 Å². The fraction of sp³-hybridized carbons (Fsp3) is 0.448. The predicted octanol–water partition coefficient (Wildman–Crippen LogP) is 5.03. The molecular weight excluding hydrogens is 592 g/mol. The first-order valence-electron chi connectivity index (χ1n) is 14.1. The van der Waals surface area contributed by atoms with Crippen molar-refractivity contribution in [2.24, 2.45) is 4.99 Å². The largest absolute Gasteiger partial charge is 0.444 e. The van der Waals surface area contributed by atoms with Crippen molar-refractivity contribution in [1.29, 1.82) is 0 Å². The Morgan fingerprint density at radius 3 is 2.56 bits per heavy atom. The number of pyridine rings is 1. The zero-order valence-corrected chi connectivity index (χ0v) is 26.0. The van der Waals surface area contributed by atoms with Gasteiger partial charge in [-0.15, -0.1) is 0 Å². The topological polar surface area (TPSA) is 140 Å². The Hall–Kier alpha value is -3.46. The second kappa shape index (κ2) is 14.3. The molecule has 0 saturated carbocycles. The molecule has 0 bridgehead atoms. The average Bonchev–Trinajstić information content (AvgIpc) is 3.36. The third kappa shape index (κ3) is 8.56. The first-order chi connectivity index (χ1) is 20.8. The lowest BCUT2D eigenvalue weighted by Crippen LogP contribution is -2.40. The lowest BCUT2D eigenvalue weighted by Gasteiger charge is -2.33. The molecule has 2 aromatic heterocycles. The molecule has 0 aliphatic carbocycles. The van der Waals surface area contributed by atoms with E-state index in [9.17, 15) is 9.59 Å². The number of hydrogen-bond acceptors (Lipinski definition) is 12. The van der Waals surface area contributed by atoms with E-state index >= 15 is 0 Å². The minimum Gasteiger partial charge on any atom is -0.444 e. The summed E-state index contributed by atoms with van der Waals surface area (Å²) in [6.07, 6.45) is 0.416. The summed E-state index contributed by atoms with van der Waals surface area (Å²) in [4.78, 5) is 35.8. The van der Waals surface area contributed by atoms with Crippen molar-refractivity contribution >= 4 is 56.4 Å². The maximum absolute atomic E-state index is 12.5. The smallest absolute Gasteiger partial charge is 0.412 e. The van der Waals surface area contributed by atoms with Crippen LogP contribution < -0.4 is 20.7 Å². The van der Waals surface area contributed by atoms with Crippen LogP contribution in [-0.4, -0.2) is 84.4 Å². The molecule has 2 aliphatic heterocycles. The number of fused-ring (bicyclic) bond motifs is 3. The molecule has 1 saturated heterocycles. The number of nitrogens with zero attached hydrogens (tertiary/aromatic N) is 3. The third-order valence-electron chi connectivity index (χ3n) is 6.32. The van der Waals surface area contributed by atoms with E-state index in [0.29, 0.717) is 49.4 Å². The summed E-state index contributed by atoms with van der Waals surface area (Å²) >= 11 is 0. The molecule has 0 radical (unpaired) electrons. The van der Waals surface area contributed by atoms with Gasteiger partial charge < -0.3 is 34.6 Å². The van der Waals surface area contributed by atoms with Gasteiger partial charge in [-0.3, -0.25) is 4.90 Å². The molecule has 43 heavy (non-hydrogen) atoms. The number of furan rings is 1. The first kappa shape index (κ1) is 31.0. The third-order valence-corrected chi connectivity index (χ3v) is 8.73. The molecule has 12 nitrogen and oxygen atoms in total. The molecule has 230 valence electrons. The minimum absolute atomic E-state index is 0.333. The normalized spacial score (nSPS) is 17.0. The average molecular weight is 629 g/mol. The van der Waals surface area contributed by atoms with Crippen LogP contribution in [0.4, 0.5) is 15.3 Å². The van der Waals surface area contributed by atoms with Crippen LogP contribution in [0.1, 0.15) is 38.3 Å². The number of ether oxygens (including phenoxy) is 3. The summed E-state index contributed by atoms with van der Waals surface area (Å²) in [5.41, 5.74) is 1.65. The van der Waals surface area contributed by atoms with E-state index in [1.54, 1.807) is 39.9 Å². The highest BCUT2D eigenvalue weighted by atomic mass is 33.1. The van der Waals surface area contributed by atoms with Gasteiger partial charge in [-0.25, -0.2) is 19.6 Å². The van der Waals surface area contributed by atoms with Gasteiger partial charge in [0.25, 0.3) is 0 Å². The lowest BCUT2D eigenvalue weighted by molar-refractivity contribution is 0.0138. The summed E-state index contributed by atoms with van der Waals surface area (Å²) in [5.74, 6) is 3.18. The Balaban J connectivity index is 1.13. The van der Waals surface area contributed by atoms with Gasteiger partial charge in [0.15, 0.2) is 11.9 Å². The Bertz CT molecular complexity index is 1450. The number of nitrogens with one attached hydrogen (secondary N) is 3. The van der Waals surface area contributed by atoms with E-state index in [1.807, 2.05) is 45.0 Å². The zero-order valence-electron chi connectivity index (χ0n) is 24.4.